The summed E-state index contributed by atoms with van der Waals surface area (Å²) in [6, 6.07) is 1.47. The molecule has 134 valence electrons. The standard InChI is InChI=1S/C16H26N4O3S/c1-4-7-20(8-5-2)16(21)14-10-15(18-12(3)17-14)19-13-6-9-24(22,23)11-13/h10,13H,4-9,11H2,1-3H3,(H,17,18,19). The lowest BCUT2D eigenvalue weighted by molar-refractivity contribution is 0.0749. The van der Waals surface area contributed by atoms with Crippen LogP contribution in [0.3, 0.4) is 0 Å². The van der Waals surface area contributed by atoms with Gasteiger partial charge in [-0.3, -0.25) is 4.79 Å². The first-order chi connectivity index (χ1) is 11.3. The van der Waals surface area contributed by atoms with Crippen molar-refractivity contribution in [3.8, 4) is 0 Å². The molecule has 0 aliphatic carbocycles. The normalized spacial score (nSPS) is 19.2. The van der Waals surface area contributed by atoms with Crippen molar-refractivity contribution in [3.63, 3.8) is 0 Å². The van der Waals surface area contributed by atoms with Crippen molar-refractivity contribution in [1.29, 1.82) is 0 Å². The van der Waals surface area contributed by atoms with Crippen molar-refractivity contribution in [2.24, 2.45) is 0 Å². The lowest BCUT2D eigenvalue weighted by Gasteiger charge is -2.21. The molecule has 2 heterocycles. The number of nitrogens with zero attached hydrogens (tertiary/aromatic N) is 3. The highest BCUT2D eigenvalue weighted by Gasteiger charge is 2.28. The van der Waals surface area contributed by atoms with Gasteiger partial charge in [-0.2, -0.15) is 0 Å². The molecule has 1 aromatic rings. The number of carbonyl (C=O) groups is 1. The Morgan fingerprint density at radius 2 is 1.96 bits per heavy atom. The van der Waals surface area contributed by atoms with E-state index < -0.39 is 9.84 Å². The summed E-state index contributed by atoms with van der Waals surface area (Å²) in [5, 5.41) is 3.13. The molecular weight excluding hydrogens is 328 g/mol. The van der Waals surface area contributed by atoms with Gasteiger partial charge < -0.3 is 10.2 Å². The zero-order chi connectivity index (χ0) is 17.7. The minimum atomic E-state index is -2.96. The van der Waals surface area contributed by atoms with Gasteiger partial charge in [-0.15, -0.1) is 0 Å². The smallest absolute Gasteiger partial charge is 0.272 e. The molecule has 1 unspecified atom stereocenters. The molecule has 8 heteroatoms. The van der Waals surface area contributed by atoms with E-state index in [1.165, 1.54) is 0 Å². The maximum Gasteiger partial charge on any atom is 0.272 e. The van der Waals surface area contributed by atoms with E-state index in [-0.39, 0.29) is 23.5 Å². The highest BCUT2D eigenvalue weighted by Crippen LogP contribution is 2.17. The fraction of sp³-hybridized carbons (Fsp3) is 0.688. The van der Waals surface area contributed by atoms with Crippen LogP contribution in [-0.2, 0) is 9.84 Å². The van der Waals surface area contributed by atoms with Gasteiger partial charge in [0.1, 0.15) is 17.3 Å². The summed E-state index contributed by atoms with van der Waals surface area (Å²) in [4.78, 5) is 23.0. The second-order valence-electron chi connectivity index (χ2n) is 6.22. The number of amides is 1. The van der Waals surface area contributed by atoms with Crippen LogP contribution in [0.4, 0.5) is 5.82 Å². The molecule has 7 nitrogen and oxygen atoms in total. The van der Waals surface area contributed by atoms with Gasteiger partial charge in [0.15, 0.2) is 9.84 Å². The van der Waals surface area contributed by atoms with Gasteiger partial charge in [0.25, 0.3) is 5.91 Å². The molecule has 1 fully saturated rings. The average molecular weight is 354 g/mol. The summed E-state index contributed by atoms with van der Waals surface area (Å²) >= 11 is 0. The zero-order valence-corrected chi connectivity index (χ0v) is 15.4. The summed E-state index contributed by atoms with van der Waals surface area (Å²) in [7, 11) is -2.96. The summed E-state index contributed by atoms with van der Waals surface area (Å²) in [6.45, 7) is 7.19. The number of hydrogen-bond donors (Lipinski definition) is 1. The van der Waals surface area contributed by atoms with E-state index in [9.17, 15) is 13.2 Å². The summed E-state index contributed by atoms with van der Waals surface area (Å²) < 4.78 is 23.1. The Morgan fingerprint density at radius 1 is 1.29 bits per heavy atom. The number of anilines is 1. The fourth-order valence-electron chi connectivity index (χ4n) is 2.89. The van der Waals surface area contributed by atoms with Crippen LogP contribution < -0.4 is 5.32 Å². The van der Waals surface area contributed by atoms with Crippen LogP contribution >= 0.6 is 0 Å². The predicted molar refractivity (Wildman–Crippen MR) is 93.9 cm³/mol. The SMILES string of the molecule is CCCN(CCC)C(=O)c1cc(NC2CCS(=O)(=O)C2)nc(C)n1. The molecule has 1 aromatic heterocycles. The van der Waals surface area contributed by atoms with E-state index in [4.69, 9.17) is 0 Å². The van der Waals surface area contributed by atoms with Gasteiger partial charge in [0.2, 0.25) is 0 Å². The van der Waals surface area contributed by atoms with Crippen LogP contribution in [0, 0.1) is 6.92 Å². The van der Waals surface area contributed by atoms with Crippen LogP contribution in [-0.4, -0.2) is 59.8 Å². The third kappa shape index (κ3) is 4.90. The number of aromatic nitrogens is 2. The molecular formula is C16H26N4O3S. The van der Waals surface area contributed by atoms with E-state index in [0.29, 0.717) is 36.8 Å². The predicted octanol–water partition coefficient (Wildman–Crippen LogP) is 1.65. The van der Waals surface area contributed by atoms with Crippen molar-refractivity contribution in [1.82, 2.24) is 14.9 Å². The van der Waals surface area contributed by atoms with Crippen LogP contribution in [0.1, 0.15) is 49.4 Å². The highest BCUT2D eigenvalue weighted by atomic mass is 32.2. The first-order valence-corrected chi connectivity index (χ1v) is 10.3. The molecule has 24 heavy (non-hydrogen) atoms. The highest BCUT2D eigenvalue weighted by molar-refractivity contribution is 7.91. The average Bonchev–Trinajstić information content (AvgIpc) is 2.84. The maximum absolute atomic E-state index is 12.7. The van der Waals surface area contributed by atoms with Gasteiger partial charge in [0.05, 0.1) is 11.5 Å². The number of rotatable bonds is 7. The fourth-order valence-corrected chi connectivity index (χ4v) is 4.56. The van der Waals surface area contributed by atoms with Crippen LogP contribution in [0.15, 0.2) is 6.07 Å². The van der Waals surface area contributed by atoms with Gasteiger partial charge in [0, 0.05) is 25.2 Å². The Morgan fingerprint density at radius 3 is 2.50 bits per heavy atom. The van der Waals surface area contributed by atoms with E-state index in [0.717, 1.165) is 12.8 Å². The van der Waals surface area contributed by atoms with E-state index >= 15 is 0 Å². The second-order valence-corrected chi connectivity index (χ2v) is 8.45. The number of nitrogens with one attached hydrogen (secondary N) is 1. The molecule has 1 saturated heterocycles. The molecule has 1 aliphatic rings. The summed E-state index contributed by atoms with van der Waals surface area (Å²) in [5.74, 6) is 1.21. The van der Waals surface area contributed by atoms with Gasteiger partial charge in [-0.05, 0) is 26.2 Å². The molecule has 0 aromatic carbocycles. The first kappa shape index (κ1) is 18.6. The molecule has 0 saturated carbocycles. The lowest BCUT2D eigenvalue weighted by Crippen LogP contribution is -2.33. The Bertz CT molecular complexity index is 685. The van der Waals surface area contributed by atoms with E-state index in [1.54, 1.807) is 17.9 Å². The minimum absolute atomic E-state index is 0.105. The second kappa shape index (κ2) is 7.92. The third-order valence-electron chi connectivity index (χ3n) is 3.92. The molecule has 0 spiro atoms. The molecule has 1 aliphatic heterocycles. The van der Waals surface area contributed by atoms with Gasteiger partial charge >= 0.3 is 0 Å². The Balaban J connectivity index is 2.17. The lowest BCUT2D eigenvalue weighted by atomic mass is 10.2. The van der Waals surface area contributed by atoms with E-state index in [1.807, 2.05) is 13.8 Å². The number of carbonyl (C=O) groups excluding carboxylic acids is 1. The number of sulfone groups is 1. The Kier molecular flexibility index (Phi) is 6.15. The number of aryl methyl sites for hydroxylation is 1. The minimum Gasteiger partial charge on any atom is -0.366 e. The van der Waals surface area contributed by atoms with Crippen LogP contribution in [0.25, 0.3) is 0 Å². The van der Waals surface area contributed by atoms with Crippen molar-refractivity contribution in [2.45, 2.75) is 46.1 Å². The first-order valence-electron chi connectivity index (χ1n) is 8.46. The molecule has 1 N–H and O–H groups in total. The maximum atomic E-state index is 12.7. The van der Waals surface area contributed by atoms with E-state index in [2.05, 4.69) is 15.3 Å². The molecule has 1 amide bonds. The molecule has 0 bridgehead atoms. The van der Waals surface area contributed by atoms with Crippen molar-refractivity contribution >= 4 is 21.6 Å². The zero-order valence-electron chi connectivity index (χ0n) is 14.6. The van der Waals surface area contributed by atoms with Crippen LogP contribution in [0.2, 0.25) is 0 Å². The topological polar surface area (TPSA) is 92.3 Å². The molecule has 2 rings (SSSR count). The van der Waals surface area contributed by atoms with Gasteiger partial charge in [-0.1, -0.05) is 13.8 Å². The molecule has 1 atom stereocenters. The van der Waals surface area contributed by atoms with Crippen molar-refractivity contribution < 1.29 is 13.2 Å². The van der Waals surface area contributed by atoms with Gasteiger partial charge in [-0.25, -0.2) is 18.4 Å². The van der Waals surface area contributed by atoms with Crippen molar-refractivity contribution in [2.75, 3.05) is 29.9 Å². The number of hydrogen-bond acceptors (Lipinski definition) is 6. The third-order valence-corrected chi connectivity index (χ3v) is 5.68. The van der Waals surface area contributed by atoms with Crippen LogP contribution in [0.5, 0.6) is 0 Å². The quantitative estimate of drug-likeness (QED) is 0.800. The largest absolute Gasteiger partial charge is 0.366 e. The van der Waals surface area contributed by atoms with Crippen molar-refractivity contribution in [3.05, 3.63) is 17.6 Å². The molecule has 0 radical (unpaired) electrons. The monoisotopic (exact) mass is 354 g/mol. The Labute approximate surface area is 143 Å². The summed E-state index contributed by atoms with van der Waals surface area (Å²) in [6.07, 6.45) is 2.34. The summed E-state index contributed by atoms with van der Waals surface area (Å²) in [5.41, 5.74) is 0.354. The Hall–Kier alpha value is -1.70.